The topological polar surface area (TPSA) is 82.1 Å². The molecule has 1 aliphatic heterocycles. The van der Waals surface area contributed by atoms with Crippen molar-refractivity contribution in [2.24, 2.45) is 0 Å². The Bertz CT molecular complexity index is 1170. The largest absolute Gasteiger partial charge is 0.481 e. The van der Waals surface area contributed by atoms with Crippen molar-refractivity contribution < 1.29 is 28.9 Å². The second-order valence-electron chi connectivity index (χ2n) is 9.31. The van der Waals surface area contributed by atoms with Crippen LogP contribution in [0.2, 0.25) is 0 Å². The van der Waals surface area contributed by atoms with E-state index < -0.39 is 23.5 Å². The molecule has 3 aromatic rings. The monoisotopic (exact) mass is 460 g/mol. The van der Waals surface area contributed by atoms with E-state index >= 15 is 0 Å². The number of rotatable bonds is 6. The van der Waals surface area contributed by atoms with E-state index in [1.807, 2.05) is 63.2 Å². The first-order chi connectivity index (χ1) is 16.2. The van der Waals surface area contributed by atoms with Crippen LogP contribution >= 0.6 is 0 Å². The lowest BCUT2D eigenvalue weighted by Gasteiger charge is -2.21. The quantitative estimate of drug-likeness (QED) is 0.483. The van der Waals surface area contributed by atoms with Gasteiger partial charge in [-0.2, -0.15) is 0 Å². The molecule has 1 atom stereocenters. The van der Waals surface area contributed by atoms with Gasteiger partial charge in [0, 0.05) is 5.56 Å². The number of ether oxygens (including phenoxy) is 3. The molecule has 34 heavy (non-hydrogen) atoms. The summed E-state index contributed by atoms with van der Waals surface area (Å²) in [6, 6.07) is 20.3. The molecule has 1 aliphatic rings. The minimum atomic E-state index is -0.900. The Kier molecular flexibility index (Phi) is 6.70. The molecule has 6 nitrogen and oxygen atoms in total. The number of carboxylic acid groups (broad SMARTS) is 1. The van der Waals surface area contributed by atoms with Gasteiger partial charge in [0.25, 0.3) is 0 Å². The zero-order chi connectivity index (χ0) is 24.3. The van der Waals surface area contributed by atoms with Crippen molar-refractivity contribution in [3.63, 3.8) is 0 Å². The fraction of sp³-hybridized carbons (Fsp3) is 0.286. The molecule has 0 bridgehead atoms. The lowest BCUT2D eigenvalue weighted by molar-refractivity contribution is -0.138. The summed E-state index contributed by atoms with van der Waals surface area (Å²) in [5, 5.41) is 9.90. The molecule has 6 heteroatoms. The van der Waals surface area contributed by atoms with Gasteiger partial charge >= 0.3 is 11.9 Å². The SMILES string of the molecule is CC(C)(C)OC(=O)c1ccc(CC(C(=O)O)c2ccc(-c3cccc4c3COCO4)cc2)cc1. The third-order valence-corrected chi connectivity index (χ3v) is 5.63. The van der Waals surface area contributed by atoms with Crippen LogP contribution in [0.1, 0.15) is 53.7 Å². The van der Waals surface area contributed by atoms with E-state index in [-0.39, 0.29) is 6.79 Å². The Labute approximate surface area is 199 Å². The lowest BCUT2D eigenvalue weighted by atomic mass is 9.90. The fourth-order valence-electron chi connectivity index (χ4n) is 3.96. The van der Waals surface area contributed by atoms with Crippen LogP contribution in [0.5, 0.6) is 5.75 Å². The predicted octanol–water partition coefficient (Wildman–Crippen LogP) is 5.59. The van der Waals surface area contributed by atoms with E-state index in [9.17, 15) is 14.7 Å². The third-order valence-electron chi connectivity index (χ3n) is 5.63. The number of carbonyl (C=O) groups excluding carboxylic acids is 1. The number of aliphatic carboxylic acids is 1. The molecule has 1 heterocycles. The molecule has 1 unspecified atom stereocenters. The average molecular weight is 461 g/mol. The number of benzene rings is 3. The molecular weight excluding hydrogens is 432 g/mol. The molecule has 0 radical (unpaired) electrons. The van der Waals surface area contributed by atoms with Crippen molar-refractivity contribution in [1.29, 1.82) is 0 Å². The van der Waals surface area contributed by atoms with Crippen molar-refractivity contribution in [3.05, 3.63) is 89.0 Å². The molecule has 0 fully saturated rings. The molecule has 1 N–H and O–H groups in total. The second kappa shape index (κ2) is 9.69. The summed E-state index contributed by atoms with van der Waals surface area (Å²) in [5.74, 6) is -1.20. The van der Waals surface area contributed by atoms with E-state index in [1.54, 1.807) is 24.3 Å². The lowest BCUT2D eigenvalue weighted by Crippen LogP contribution is -2.23. The first kappa shape index (κ1) is 23.5. The van der Waals surface area contributed by atoms with E-state index in [1.165, 1.54) is 0 Å². The van der Waals surface area contributed by atoms with Crippen molar-refractivity contribution in [1.82, 2.24) is 0 Å². The summed E-state index contributed by atoms with van der Waals surface area (Å²) in [6.07, 6.45) is 0.311. The highest BCUT2D eigenvalue weighted by Gasteiger charge is 2.22. The molecule has 0 aliphatic carbocycles. The number of hydrogen-bond donors (Lipinski definition) is 1. The zero-order valence-corrected chi connectivity index (χ0v) is 19.5. The minimum absolute atomic E-state index is 0.244. The smallest absolute Gasteiger partial charge is 0.338 e. The Balaban J connectivity index is 1.51. The normalized spacial score (nSPS) is 14.0. The van der Waals surface area contributed by atoms with Crippen LogP contribution in [0.15, 0.2) is 66.7 Å². The van der Waals surface area contributed by atoms with Gasteiger partial charge in [-0.1, -0.05) is 48.5 Å². The maximum Gasteiger partial charge on any atom is 0.338 e. The van der Waals surface area contributed by atoms with Gasteiger partial charge in [-0.25, -0.2) is 4.79 Å². The highest BCUT2D eigenvalue weighted by atomic mass is 16.7. The van der Waals surface area contributed by atoms with Crippen LogP contribution in [0.25, 0.3) is 11.1 Å². The number of hydrogen-bond acceptors (Lipinski definition) is 5. The summed E-state index contributed by atoms with van der Waals surface area (Å²) in [6.45, 7) is 6.17. The highest BCUT2D eigenvalue weighted by molar-refractivity contribution is 5.89. The Morgan fingerprint density at radius 3 is 2.35 bits per heavy atom. The summed E-state index contributed by atoms with van der Waals surface area (Å²) in [4.78, 5) is 24.3. The van der Waals surface area contributed by atoms with Crippen LogP contribution < -0.4 is 4.74 Å². The molecule has 0 spiro atoms. The highest BCUT2D eigenvalue weighted by Crippen LogP contribution is 2.34. The van der Waals surface area contributed by atoms with Gasteiger partial charge in [0.1, 0.15) is 11.4 Å². The molecule has 0 amide bonds. The van der Waals surface area contributed by atoms with Gasteiger partial charge < -0.3 is 19.3 Å². The summed E-state index contributed by atoms with van der Waals surface area (Å²) >= 11 is 0. The van der Waals surface area contributed by atoms with Crippen molar-refractivity contribution in [2.45, 2.75) is 45.3 Å². The second-order valence-corrected chi connectivity index (χ2v) is 9.31. The van der Waals surface area contributed by atoms with Crippen LogP contribution in [-0.2, 0) is 27.3 Å². The maximum atomic E-state index is 12.2. The van der Waals surface area contributed by atoms with Crippen molar-refractivity contribution >= 4 is 11.9 Å². The van der Waals surface area contributed by atoms with Crippen LogP contribution in [0, 0.1) is 0 Å². The van der Waals surface area contributed by atoms with E-state index in [2.05, 4.69) is 0 Å². The van der Waals surface area contributed by atoms with Gasteiger partial charge in [0.2, 0.25) is 0 Å². The summed E-state index contributed by atoms with van der Waals surface area (Å²) < 4.78 is 16.4. The van der Waals surface area contributed by atoms with Gasteiger partial charge in [0.05, 0.1) is 18.1 Å². The Morgan fingerprint density at radius 1 is 1.00 bits per heavy atom. The van der Waals surface area contributed by atoms with Crippen molar-refractivity contribution in [3.8, 4) is 16.9 Å². The van der Waals surface area contributed by atoms with Crippen molar-refractivity contribution in [2.75, 3.05) is 6.79 Å². The Hall–Kier alpha value is -3.64. The maximum absolute atomic E-state index is 12.2. The average Bonchev–Trinajstić information content (AvgIpc) is 2.81. The molecule has 0 aromatic heterocycles. The van der Waals surface area contributed by atoms with Crippen LogP contribution in [0.4, 0.5) is 0 Å². The predicted molar refractivity (Wildman–Crippen MR) is 128 cm³/mol. The van der Waals surface area contributed by atoms with Gasteiger partial charge in [-0.3, -0.25) is 4.79 Å². The molecule has 176 valence electrons. The molecule has 0 saturated carbocycles. The standard InChI is InChI=1S/C28H28O6/c1-28(2,3)34-27(31)21-9-7-18(8-10-21)15-23(26(29)30)20-13-11-19(12-14-20)22-5-4-6-25-24(22)16-32-17-33-25/h4-14,23H,15-17H2,1-3H3,(H,29,30). The molecule has 0 saturated heterocycles. The fourth-order valence-corrected chi connectivity index (χ4v) is 3.96. The first-order valence-corrected chi connectivity index (χ1v) is 11.2. The summed E-state index contributed by atoms with van der Waals surface area (Å²) in [5.41, 5.74) is 4.37. The number of carbonyl (C=O) groups is 2. The van der Waals surface area contributed by atoms with Crippen LogP contribution in [-0.4, -0.2) is 29.4 Å². The van der Waals surface area contributed by atoms with Gasteiger partial charge in [0.15, 0.2) is 6.79 Å². The first-order valence-electron chi connectivity index (χ1n) is 11.2. The van der Waals surface area contributed by atoms with Gasteiger partial charge in [-0.15, -0.1) is 0 Å². The zero-order valence-electron chi connectivity index (χ0n) is 19.5. The Morgan fingerprint density at radius 2 is 1.71 bits per heavy atom. The van der Waals surface area contributed by atoms with E-state index in [0.29, 0.717) is 24.2 Å². The third kappa shape index (κ3) is 5.46. The number of fused-ring (bicyclic) bond motifs is 1. The molecule has 4 rings (SSSR count). The molecular formula is C28H28O6. The van der Waals surface area contributed by atoms with E-state index in [0.717, 1.165) is 28.0 Å². The minimum Gasteiger partial charge on any atom is -0.481 e. The number of esters is 1. The number of carboxylic acids is 1. The molecule has 3 aromatic carbocycles. The van der Waals surface area contributed by atoms with Gasteiger partial charge in [-0.05, 0) is 67.6 Å². The van der Waals surface area contributed by atoms with Crippen LogP contribution in [0.3, 0.4) is 0 Å². The summed E-state index contributed by atoms with van der Waals surface area (Å²) in [7, 11) is 0. The van der Waals surface area contributed by atoms with E-state index in [4.69, 9.17) is 14.2 Å².